The van der Waals surface area contributed by atoms with Gasteiger partial charge in [0, 0.05) is 36.1 Å². The van der Waals surface area contributed by atoms with Gasteiger partial charge in [-0.3, -0.25) is 9.78 Å². The van der Waals surface area contributed by atoms with Crippen LogP contribution in [0.4, 0.5) is 5.69 Å². The van der Waals surface area contributed by atoms with Crippen molar-refractivity contribution in [1.82, 2.24) is 10.3 Å². The number of carbonyl (C=O) groups excluding carboxylic acids is 1. The molecule has 1 aromatic heterocycles. The van der Waals surface area contributed by atoms with Gasteiger partial charge in [0.25, 0.3) is 0 Å². The van der Waals surface area contributed by atoms with Gasteiger partial charge in [-0.25, -0.2) is 0 Å². The number of aromatic nitrogens is 1. The van der Waals surface area contributed by atoms with Crippen molar-refractivity contribution in [1.29, 1.82) is 0 Å². The van der Waals surface area contributed by atoms with Crippen LogP contribution in [0.15, 0.2) is 48.7 Å². The number of hydrogen-bond donors (Lipinski definition) is 2. The van der Waals surface area contributed by atoms with E-state index in [9.17, 15) is 4.79 Å². The van der Waals surface area contributed by atoms with E-state index in [2.05, 4.69) is 21.7 Å². The Labute approximate surface area is 184 Å². The Bertz CT molecular complexity index is 776. The van der Waals surface area contributed by atoms with E-state index in [0.29, 0.717) is 6.04 Å². The molecule has 1 aromatic carbocycles. The zero-order valence-corrected chi connectivity index (χ0v) is 18.0. The maximum atomic E-state index is 12.9. The average molecular weight is 438 g/mol. The maximum Gasteiger partial charge on any atom is 0.227 e. The zero-order chi connectivity index (χ0) is 18.5. The van der Waals surface area contributed by atoms with Crippen LogP contribution in [0.2, 0.25) is 0 Å². The van der Waals surface area contributed by atoms with Crippen LogP contribution in [0.5, 0.6) is 0 Å². The summed E-state index contributed by atoms with van der Waals surface area (Å²) in [5.74, 6) is 0.176. The fourth-order valence-electron chi connectivity index (χ4n) is 4.15. The summed E-state index contributed by atoms with van der Waals surface area (Å²) < 4.78 is 5.82. The molecule has 1 amide bonds. The molecule has 3 atom stereocenters. The SMILES string of the molecule is Cl.Cl.O=C(Nc1ccccc1CCc1ccccn1)[C@H]1CC[C@H]2OCCN[C@@H]2C1. The van der Waals surface area contributed by atoms with Crippen molar-refractivity contribution in [2.45, 2.75) is 44.2 Å². The van der Waals surface area contributed by atoms with E-state index in [1.165, 1.54) is 0 Å². The quantitative estimate of drug-likeness (QED) is 0.746. The maximum absolute atomic E-state index is 12.9. The minimum absolute atomic E-state index is 0. The number of nitrogens with zero attached hydrogens (tertiary/aromatic N) is 1. The Morgan fingerprint density at radius 2 is 1.93 bits per heavy atom. The number of aryl methyl sites for hydroxylation is 2. The fourth-order valence-corrected chi connectivity index (χ4v) is 4.15. The molecule has 2 aliphatic rings. The number of para-hydroxylation sites is 1. The highest BCUT2D eigenvalue weighted by atomic mass is 35.5. The number of nitrogens with one attached hydrogen (secondary N) is 2. The Balaban J connectivity index is 0.00000150. The van der Waals surface area contributed by atoms with Crippen LogP contribution in [0.1, 0.15) is 30.5 Å². The Kier molecular flexibility index (Phi) is 9.37. The topological polar surface area (TPSA) is 63.2 Å². The molecule has 29 heavy (non-hydrogen) atoms. The van der Waals surface area contributed by atoms with Crippen LogP contribution in [-0.2, 0) is 22.4 Å². The van der Waals surface area contributed by atoms with E-state index in [1.807, 2.05) is 42.6 Å². The predicted molar refractivity (Wildman–Crippen MR) is 120 cm³/mol. The number of amides is 1. The summed E-state index contributed by atoms with van der Waals surface area (Å²) in [4.78, 5) is 17.3. The zero-order valence-electron chi connectivity index (χ0n) is 16.4. The first-order valence-corrected chi connectivity index (χ1v) is 9.93. The minimum Gasteiger partial charge on any atom is -0.375 e. The van der Waals surface area contributed by atoms with E-state index < -0.39 is 0 Å². The van der Waals surface area contributed by atoms with Crippen LogP contribution in [0.3, 0.4) is 0 Å². The van der Waals surface area contributed by atoms with Crippen molar-refractivity contribution in [3.63, 3.8) is 0 Å². The van der Waals surface area contributed by atoms with Crippen LogP contribution in [0.25, 0.3) is 0 Å². The molecule has 2 aromatic rings. The molecule has 2 fully saturated rings. The molecule has 4 rings (SSSR count). The number of hydrogen-bond acceptors (Lipinski definition) is 4. The van der Waals surface area contributed by atoms with Crippen molar-refractivity contribution in [3.8, 4) is 0 Å². The van der Waals surface area contributed by atoms with Crippen molar-refractivity contribution in [2.24, 2.45) is 5.92 Å². The van der Waals surface area contributed by atoms with Crippen molar-refractivity contribution in [2.75, 3.05) is 18.5 Å². The second-order valence-electron chi connectivity index (χ2n) is 7.45. The lowest BCUT2D eigenvalue weighted by atomic mass is 9.82. The summed E-state index contributed by atoms with van der Waals surface area (Å²) in [5.41, 5.74) is 3.15. The molecule has 1 aliphatic heterocycles. The standard InChI is InChI=1S/C22H27N3O2.2ClH/c26-22(17-9-11-21-20(15-17)24-13-14-27-21)25-19-7-2-1-5-16(19)8-10-18-6-3-4-12-23-18;;/h1-7,12,17,20-21,24H,8-11,13-15H2,(H,25,26);2*1H/t17-,20+,21+;;/m0../s1. The number of fused-ring (bicyclic) bond motifs is 1. The lowest BCUT2D eigenvalue weighted by molar-refractivity contribution is -0.123. The number of morpholine rings is 1. The molecule has 1 saturated heterocycles. The third-order valence-corrected chi connectivity index (χ3v) is 5.65. The van der Waals surface area contributed by atoms with Gasteiger partial charge >= 0.3 is 0 Å². The molecule has 5 nitrogen and oxygen atoms in total. The minimum atomic E-state index is 0. The van der Waals surface area contributed by atoms with Gasteiger partial charge in [0.2, 0.25) is 5.91 Å². The van der Waals surface area contributed by atoms with E-state index in [-0.39, 0.29) is 42.7 Å². The third-order valence-electron chi connectivity index (χ3n) is 5.65. The highest BCUT2D eigenvalue weighted by molar-refractivity contribution is 5.93. The smallest absolute Gasteiger partial charge is 0.227 e. The van der Waals surface area contributed by atoms with Gasteiger partial charge in [0.05, 0.1) is 12.7 Å². The van der Waals surface area contributed by atoms with Crippen LogP contribution < -0.4 is 10.6 Å². The predicted octanol–water partition coefficient (Wildman–Crippen LogP) is 3.81. The second-order valence-corrected chi connectivity index (χ2v) is 7.45. The average Bonchev–Trinajstić information content (AvgIpc) is 2.73. The van der Waals surface area contributed by atoms with Crippen molar-refractivity contribution < 1.29 is 9.53 Å². The number of benzene rings is 1. The number of halogens is 2. The molecule has 2 heterocycles. The lowest BCUT2D eigenvalue weighted by Crippen LogP contribution is -2.52. The first-order valence-electron chi connectivity index (χ1n) is 9.93. The molecule has 0 bridgehead atoms. The summed E-state index contributed by atoms with van der Waals surface area (Å²) in [5, 5.41) is 6.69. The highest BCUT2D eigenvalue weighted by Crippen LogP contribution is 2.29. The summed E-state index contributed by atoms with van der Waals surface area (Å²) in [6, 6.07) is 14.4. The normalized spacial score (nSPS) is 23.1. The van der Waals surface area contributed by atoms with Gasteiger partial charge in [-0.2, -0.15) is 0 Å². The van der Waals surface area contributed by atoms with Gasteiger partial charge in [-0.1, -0.05) is 24.3 Å². The third kappa shape index (κ3) is 6.16. The van der Waals surface area contributed by atoms with Gasteiger partial charge in [0.15, 0.2) is 0 Å². The van der Waals surface area contributed by atoms with Crippen molar-refractivity contribution >= 4 is 36.4 Å². The largest absolute Gasteiger partial charge is 0.375 e. The molecule has 0 spiro atoms. The number of ether oxygens (including phenoxy) is 1. The molecular formula is C22H29Cl2N3O2. The fraction of sp³-hybridized carbons (Fsp3) is 0.455. The summed E-state index contributed by atoms with van der Waals surface area (Å²) in [6.45, 7) is 1.66. The number of rotatable bonds is 5. The van der Waals surface area contributed by atoms with E-state index in [4.69, 9.17) is 4.74 Å². The molecule has 0 radical (unpaired) electrons. The first kappa shape index (κ1) is 23.6. The van der Waals surface area contributed by atoms with E-state index >= 15 is 0 Å². The summed E-state index contributed by atoms with van der Waals surface area (Å²) >= 11 is 0. The molecule has 2 N–H and O–H groups in total. The van der Waals surface area contributed by atoms with Crippen LogP contribution >= 0.6 is 24.8 Å². The molecule has 0 unspecified atom stereocenters. The number of pyridine rings is 1. The molecule has 1 aliphatic carbocycles. The monoisotopic (exact) mass is 437 g/mol. The van der Waals surface area contributed by atoms with E-state index in [0.717, 1.165) is 62.2 Å². The van der Waals surface area contributed by atoms with Gasteiger partial charge in [-0.05, 0) is 55.9 Å². The number of anilines is 1. The van der Waals surface area contributed by atoms with Gasteiger partial charge in [-0.15, -0.1) is 24.8 Å². The molecule has 7 heteroatoms. The van der Waals surface area contributed by atoms with Gasteiger partial charge < -0.3 is 15.4 Å². The first-order chi connectivity index (χ1) is 13.3. The Morgan fingerprint density at radius 1 is 1.10 bits per heavy atom. The highest BCUT2D eigenvalue weighted by Gasteiger charge is 2.35. The van der Waals surface area contributed by atoms with Crippen molar-refractivity contribution in [3.05, 3.63) is 59.9 Å². The Hall–Kier alpha value is -1.66. The molecular weight excluding hydrogens is 409 g/mol. The number of carbonyl (C=O) groups is 1. The Morgan fingerprint density at radius 3 is 2.76 bits per heavy atom. The van der Waals surface area contributed by atoms with Crippen LogP contribution in [-0.4, -0.2) is 36.2 Å². The second kappa shape index (κ2) is 11.5. The van der Waals surface area contributed by atoms with E-state index in [1.54, 1.807) is 0 Å². The summed E-state index contributed by atoms with van der Waals surface area (Å²) in [6.07, 6.45) is 6.52. The lowest BCUT2D eigenvalue weighted by Gasteiger charge is -2.39. The van der Waals surface area contributed by atoms with Gasteiger partial charge in [0.1, 0.15) is 0 Å². The molecule has 158 valence electrons. The molecule has 1 saturated carbocycles. The summed E-state index contributed by atoms with van der Waals surface area (Å²) in [7, 11) is 0. The van der Waals surface area contributed by atoms with Crippen LogP contribution in [0, 0.1) is 5.92 Å².